The van der Waals surface area contributed by atoms with Gasteiger partial charge in [0, 0.05) is 18.3 Å². The Labute approximate surface area is 166 Å². The Morgan fingerprint density at radius 2 is 2.07 bits per heavy atom. The molecule has 0 aliphatic heterocycles. The van der Waals surface area contributed by atoms with Crippen molar-refractivity contribution in [1.82, 2.24) is 19.7 Å². The van der Waals surface area contributed by atoms with Crippen LogP contribution in [0.15, 0.2) is 14.4 Å². The van der Waals surface area contributed by atoms with Crippen LogP contribution in [0.25, 0.3) is 10.2 Å². The number of aryl methyl sites for hydroxylation is 3. The average Bonchev–Trinajstić information content (AvgIpc) is 3.22. The number of hydrogen-bond acceptors (Lipinski definition) is 7. The molecular formula is C19H24N4O2S2. The molecule has 0 atom stereocenters. The van der Waals surface area contributed by atoms with Crippen LogP contribution in [-0.4, -0.2) is 19.7 Å². The van der Waals surface area contributed by atoms with Crippen LogP contribution in [0.3, 0.4) is 0 Å². The van der Waals surface area contributed by atoms with E-state index in [0.29, 0.717) is 30.0 Å². The summed E-state index contributed by atoms with van der Waals surface area (Å²) in [5.41, 5.74) is 1.37. The minimum absolute atomic E-state index is 0.115. The van der Waals surface area contributed by atoms with Crippen molar-refractivity contribution >= 4 is 33.3 Å². The molecule has 0 unspecified atom stereocenters. The van der Waals surface area contributed by atoms with Crippen molar-refractivity contribution < 1.29 is 4.42 Å². The van der Waals surface area contributed by atoms with Crippen LogP contribution in [0.4, 0.5) is 0 Å². The maximum absolute atomic E-state index is 13.4. The highest BCUT2D eigenvalue weighted by Gasteiger charge is 2.22. The molecule has 0 aromatic carbocycles. The zero-order valence-electron chi connectivity index (χ0n) is 15.9. The second kappa shape index (κ2) is 7.75. The highest BCUT2D eigenvalue weighted by Crippen LogP contribution is 2.35. The second-order valence-electron chi connectivity index (χ2n) is 7.43. The monoisotopic (exact) mass is 404 g/mol. The SMILES string of the molecule is Cc1nnc(CSc2nc3sc4c(c3c(=O)n2CCC(C)C)CCCC4)o1. The van der Waals surface area contributed by atoms with Gasteiger partial charge in [0.2, 0.25) is 11.8 Å². The van der Waals surface area contributed by atoms with Crippen LogP contribution in [0.1, 0.15) is 55.3 Å². The normalized spacial score (nSPS) is 14.2. The second-order valence-corrected chi connectivity index (χ2v) is 9.45. The quantitative estimate of drug-likeness (QED) is 0.449. The number of aromatic nitrogens is 4. The van der Waals surface area contributed by atoms with Gasteiger partial charge in [0.05, 0.1) is 11.1 Å². The lowest BCUT2D eigenvalue weighted by atomic mass is 9.97. The molecule has 4 rings (SSSR count). The third kappa shape index (κ3) is 3.82. The molecule has 1 aliphatic carbocycles. The van der Waals surface area contributed by atoms with Gasteiger partial charge in [-0.3, -0.25) is 9.36 Å². The first-order valence-electron chi connectivity index (χ1n) is 9.49. The summed E-state index contributed by atoms with van der Waals surface area (Å²) in [4.78, 5) is 20.5. The van der Waals surface area contributed by atoms with Crippen LogP contribution in [0, 0.1) is 12.8 Å². The zero-order chi connectivity index (χ0) is 19.0. The molecule has 6 nitrogen and oxygen atoms in total. The summed E-state index contributed by atoms with van der Waals surface area (Å²) >= 11 is 3.20. The third-order valence-electron chi connectivity index (χ3n) is 4.86. The topological polar surface area (TPSA) is 73.8 Å². The minimum atomic E-state index is 0.115. The lowest BCUT2D eigenvalue weighted by Gasteiger charge is -2.14. The fraction of sp³-hybridized carbons (Fsp3) is 0.579. The maximum atomic E-state index is 13.4. The van der Waals surface area contributed by atoms with E-state index in [9.17, 15) is 4.79 Å². The van der Waals surface area contributed by atoms with E-state index in [1.165, 1.54) is 28.6 Å². The highest BCUT2D eigenvalue weighted by molar-refractivity contribution is 7.98. The van der Waals surface area contributed by atoms with E-state index in [0.717, 1.165) is 41.1 Å². The number of rotatable bonds is 6. The fourth-order valence-electron chi connectivity index (χ4n) is 3.44. The highest BCUT2D eigenvalue weighted by atomic mass is 32.2. The van der Waals surface area contributed by atoms with E-state index in [1.54, 1.807) is 18.3 Å². The summed E-state index contributed by atoms with van der Waals surface area (Å²) < 4.78 is 7.33. The van der Waals surface area contributed by atoms with Crippen LogP contribution >= 0.6 is 23.1 Å². The van der Waals surface area contributed by atoms with Gasteiger partial charge in [0.1, 0.15) is 4.83 Å². The molecule has 0 fully saturated rings. The van der Waals surface area contributed by atoms with E-state index in [4.69, 9.17) is 9.40 Å². The third-order valence-corrected chi connectivity index (χ3v) is 7.01. The van der Waals surface area contributed by atoms with Crippen LogP contribution in [0.5, 0.6) is 0 Å². The first-order chi connectivity index (χ1) is 13.0. The smallest absolute Gasteiger partial charge is 0.263 e. The Bertz CT molecular complexity index is 1020. The lowest BCUT2D eigenvalue weighted by molar-refractivity contribution is 0.477. The summed E-state index contributed by atoms with van der Waals surface area (Å²) in [6.07, 6.45) is 5.40. The van der Waals surface area contributed by atoms with Crippen LogP contribution in [0.2, 0.25) is 0 Å². The van der Waals surface area contributed by atoms with E-state index in [-0.39, 0.29) is 5.56 Å². The van der Waals surface area contributed by atoms with E-state index < -0.39 is 0 Å². The number of nitrogens with zero attached hydrogens (tertiary/aromatic N) is 4. The Hall–Kier alpha value is -1.67. The molecule has 27 heavy (non-hydrogen) atoms. The molecule has 0 bridgehead atoms. The Morgan fingerprint density at radius 3 is 2.81 bits per heavy atom. The molecule has 3 aromatic rings. The number of fused-ring (bicyclic) bond motifs is 3. The Morgan fingerprint density at radius 1 is 1.26 bits per heavy atom. The molecule has 0 N–H and O–H groups in total. The molecule has 0 spiro atoms. The van der Waals surface area contributed by atoms with Crippen LogP contribution in [-0.2, 0) is 25.1 Å². The van der Waals surface area contributed by atoms with Crippen molar-refractivity contribution in [2.45, 2.75) is 70.3 Å². The summed E-state index contributed by atoms with van der Waals surface area (Å²) in [6.45, 7) is 6.82. The minimum Gasteiger partial charge on any atom is -0.425 e. The molecule has 144 valence electrons. The van der Waals surface area contributed by atoms with Gasteiger partial charge in [-0.05, 0) is 43.6 Å². The first-order valence-corrected chi connectivity index (χ1v) is 11.3. The standard InChI is InChI=1S/C19H24N4O2S2/c1-11(2)8-9-23-18(24)16-13-6-4-5-7-14(13)27-17(16)20-19(23)26-10-15-22-21-12(3)25-15/h11H,4-10H2,1-3H3. The van der Waals surface area contributed by atoms with E-state index in [2.05, 4.69) is 24.0 Å². The van der Waals surface area contributed by atoms with Gasteiger partial charge in [0.25, 0.3) is 5.56 Å². The zero-order valence-corrected chi connectivity index (χ0v) is 17.6. The molecule has 8 heteroatoms. The van der Waals surface area contributed by atoms with E-state index in [1.807, 2.05) is 4.57 Å². The van der Waals surface area contributed by atoms with E-state index >= 15 is 0 Å². The summed E-state index contributed by atoms with van der Waals surface area (Å²) in [6, 6.07) is 0. The molecule has 3 aromatic heterocycles. The molecule has 0 saturated heterocycles. The summed E-state index contributed by atoms with van der Waals surface area (Å²) in [5, 5.41) is 9.54. The average molecular weight is 405 g/mol. The predicted octanol–water partition coefficient (Wildman–Crippen LogP) is 4.37. The van der Waals surface area contributed by atoms with Gasteiger partial charge in [-0.1, -0.05) is 25.6 Å². The molecular weight excluding hydrogens is 380 g/mol. The summed E-state index contributed by atoms with van der Waals surface area (Å²) in [5.74, 6) is 2.16. The maximum Gasteiger partial charge on any atom is 0.263 e. The van der Waals surface area contributed by atoms with Gasteiger partial charge < -0.3 is 4.42 Å². The van der Waals surface area contributed by atoms with Crippen molar-refractivity contribution in [3.8, 4) is 0 Å². The summed E-state index contributed by atoms with van der Waals surface area (Å²) in [7, 11) is 0. The lowest BCUT2D eigenvalue weighted by Crippen LogP contribution is -2.24. The molecule has 1 aliphatic rings. The van der Waals surface area contributed by atoms with Crippen LogP contribution < -0.4 is 5.56 Å². The molecule has 0 radical (unpaired) electrons. The van der Waals surface area contributed by atoms with Crippen molar-refractivity contribution in [3.63, 3.8) is 0 Å². The van der Waals surface area contributed by atoms with Gasteiger partial charge >= 0.3 is 0 Å². The van der Waals surface area contributed by atoms with Gasteiger partial charge in [0.15, 0.2) is 5.16 Å². The molecule has 0 saturated carbocycles. The fourth-order valence-corrected chi connectivity index (χ4v) is 5.60. The van der Waals surface area contributed by atoms with Crippen molar-refractivity contribution in [1.29, 1.82) is 0 Å². The van der Waals surface area contributed by atoms with Gasteiger partial charge in [-0.25, -0.2) is 4.98 Å². The van der Waals surface area contributed by atoms with Gasteiger partial charge in [-0.15, -0.1) is 21.5 Å². The largest absolute Gasteiger partial charge is 0.425 e. The molecule has 3 heterocycles. The predicted molar refractivity (Wildman–Crippen MR) is 109 cm³/mol. The van der Waals surface area contributed by atoms with Crippen molar-refractivity contribution in [2.24, 2.45) is 5.92 Å². The number of thioether (sulfide) groups is 1. The first kappa shape index (κ1) is 18.7. The van der Waals surface area contributed by atoms with Crippen molar-refractivity contribution in [2.75, 3.05) is 0 Å². The van der Waals surface area contributed by atoms with Gasteiger partial charge in [-0.2, -0.15) is 0 Å². The number of hydrogen-bond donors (Lipinski definition) is 0. The Kier molecular flexibility index (Phi) is 5.36. The van der Waals surface area contributed by atoms with Crippen molar-refractivity contribution in [3.05, 3.63) is 32.6 Å². The molecule has 0 amide bonds. The number of thiophene rings is 1. The Balaban J connectivity index is 1.75.